The lowest BCUT2D eigenvalue weighted by Crippen LogP contribution is -2.31. The van der Waals surface area contributed by atoms with Gasteiger partial charge >= 0.3 is 0 Å². The van der Waals surface area contributed by atoms with Crippen LogP contribution in [0.1, 0.15) is 5.56 Å². The molecule has 104 valence electrons. The summed E-state index contributed by atoms with van der Waals surface area (Å²) in [4.78, 5) is 13.3. The molecule has 1 aromatic carbocycles. The molecule has 0 unspecified atom stereocenters. The Morgan fingerprint density at radius 2 is 2.16 bits per heavy atom. The van der Waals surface area contributed by atoms with Crippen LogP contribution in [0.5, 0.6) is 11.5 Å². The van der Waals surface area contributed by atoms with Gasteiger partial charge in [-0.15, -0.1) is 18.2 Å². The van der Waals surface area contributed by atoms with E-state index in [2.05, 4.69) is 6.58 Å². The zero-order valence-electron chi connectivity index (χ0n) is 11.2. The third kappa shape index (κ3) is 4.17. The van der Waals surface area contributed by atoms with Crippen molar-refractivity contribution in [1.82, 2.24) is 4.90 Å². The maximum Gasteiger partial charge on any atom is 0.238 e. The van der Waals surface area contributed by atoms with Gasteiger partial charge in [-0.2, -0.15) is 0 Å². The molecule has 4 nitrogen and oxygen atoms in total. The third-order valence-corrected chi connectivity index (χ3v) is 2.89. The van der Waals surface area contributed by atoms with Gasteiger partial charge in [-0.3, -0.25) is 4.79 Å². The molecule has 0 fully saturated rings. The normalized spacial score (nSPS) is 9.84. The Labute approximate surface area is 118 Å². The van der Waals surface area contributed by atoms with Crippen LogP contribution in [0.4, 0.5) is 0 Å². The van der Waals surface area contributed by atoms with Crippen molar-refractivity contribution in [3.05, 3.63) is 36.4 Å². The van der Waals surface area contributed by atoms with Crippen LogP contribution in [0.3, 0.4) is 0 Å². The summed E-state index contributed by atoms with van der Waals surface area (Å²) in [6.45, 7) is 4.48. The summed E-state index contributed by atoms with van der Waals surface area (Å²) in [5.74, 6) is 1.22. The fraction of sp³-hybridized carbons (Fsp3) is 0.357. The fourth-order valence-corrected chi connectivity index (χ4v) is 1.88. The molecule has 0 radical (unpaired) electrons. The molecule has 0 saturated heterocycles. The Bertz CT molecular complexity index is 448. The van der Waals surface area contributed by atoms with Gasteiger partial charge in [-0.25, -0.2) is 0 Å². The number of amides is 1. The number of benzene rings is 1. The van der Waals surface area contributed by atoms with Gasteiger partial charge in [-0.1, -0.05) is 6.08 Å². The van der Waals surface area contributed by atoms with Crippen LogP contribution in [0.15, 0.2) is 30.9 Å². The predicted octanol–water partition coefficient (Wildman–Crippen LogP) is 2.46. The number of rotatable bonds is 7. The summed E-state index contributed by atoms with van der Waals surface area (Å²) in [5.41, 5.74) is 0.863. The van der Waals surface area contributed by atoms with Gasteiger partial charge in [0.15, 0.2) is 0 Å². The smallest absolute Gasteiger partial charge is 0.238 e. The second-order valence-electron chi connectivity index (χ2n) is 3.87. The maximum absolute atomic E-state index is 11.7. The highest BCUT2D eigenvalue weighted by atomic mass is 35.5. The van der Waals surface area contributed by atoms with E-state index in [9.17, 15) is 4.79 Å². The van der Waals surface area contributed by atoms with Crippen molar-refractivity contribution < 1.29 is 14.3 Å². The topological polar surface area (TPSA) is 38.8 Å². The molecular formula is C14H18ClNO3. The summed E-state index contributed by atoms with van der Waals surface area (Å²) >= 11 is 5.60. The van der Waals surface area contributed by atoms with Crippen LogP contribution >= 0.6 is 11.6 Å². The minimum atomic E-state index is -0.147. The van der Waals surface area contributed by atoms with Crippen molar-refractivity contribution >= 4 is 17.5 Å². The molecule has 0 aliphatic rings. The minimum Gasteiger partial charge on any atom is -0.497 e. The first kappa shape index (κ1) is 15.4. The molecule has 1 rings (SSSR count). The molecule has 0 heterocycles. The number of halogens is 1. The van der Waals surface area contributed by atoms with E-state index in [0.29, 0.717) is 24.6 Å². The number of nitrogens with zero attached hydrogens (tertiary/aromatic N) is 1. The maximum atomic E-state index is 11.7. The lowest BCUT2D eigenvalue weighted by molar-refractivity contribution is -0.128. The lowest BCUT2D eigenvalue weighted by Gasteiger charge is -2.21. The summed E-state index contributed by atoms with van der Waals surface area (Å²) < 4.78 is 10.5. The first-order valence-corrected chi connectivity index (χ1v) is 6.35. The lowest BCUT2D eigenvalue weighted by atomic mass is 10.1. The van der Waals surface area contributed by atoms with Gasteiger partial charge in [0.2, 0.25) is 5.91 Å². The highest BCUT2D eigenvalue weighted by Crippen LogP contribution is 2.25. The Balaban J connectivity index is 2.99. The highest BCUT2D eigenvalue weighted by Gasteiger charge is 2.14. The van der Waals surface area contributed by atoms with E-state index in [-0.39, 0.29) is 11.8 Å². The van der Waals surface area contributed by atoms with Crippen molar-refractivity contribution in [3.8, 4) is 11.5 Å². The van der Waals surface area contributed by atoms with Crippen molar-refractivity contribution in [1.29, 1.82) is 0 Å². The highest BCUT2D eigenvalue weighted by molar-refractivity contribution is 6.27. The number of ether oxygens (including phenoxy) is 2. The monoisotopic (exact) mass is 283 g/mol. The number of alkyl halides is 1. The van der Waals surface area contributed by atoms with Crippen LogP contribution in [-0.2, 0) is 11.3 Å². The van der Waals surface area contributed by atoms with Gasteiger partial charge in [0, 0.05) is 18.7 Å². The molecule has 0 atom stereocenters. The van der Waals surface area contributed by atoms with Gasteiger partial charge in [0.05, 0.1) is 14.2 Å². The minimum absolute atomic E-state index is 0.0554. The Morgan fingerprint density at radius 3 is 2.68 bits per heavy atom. The molecule has 1 aromatic rings. The van der Waals surface area contributed by atoms with Crippen molar-refractivity contribution in [3.63, 3.8) is 0 Å². The average Bonchev–Trinajstić information content (AvgIpc) is 2.45. The molecule has 0 N–H and O–H groups in total. The SMILES string of the molecule is C=CCN(Cc1cc(OC)ccc1OC)C(=O)CCl. The second kappa shape index (κ2) is 7.69. The van der Waals surface area contributed by atoms with E-state index in [0.717, 1.165) is 5.56 Å². The van der Waals surface area contributed by atoms with Crippen LogP contribution in [0.25, 0.3) is 0 Å². The summed E-state index contributed by atoms with van der Waals surface area (Å²) in [6.07, 6.45) is 1.66. The average molecular weight is 284 g/mol. The number of methoxy groups -OCH3 is 2. The van der Waals surface area contributed by atoms with Gasteiger partial charge < -0.3 is 14.4 Å². The molecule has 0 aliphatic carbocycles. The number of hydrogen-bond donors (Lipinski definition) is 0. The molecule has 0 saturated carbocycles. The Morgan fingerprint density at radius 1 is 1.42 bits per heavy atom. The van der Waals surface area contributed by atoms with Crippen molar-refractivity contribution in [2.24, 2.45) is 0 Å². The Hall–Kier alpha value is -1.68. The fourth-order valence-electron chi connectivity index (χ4n) is 1.71. The van der Waals surface area contributed by atoms with Crippen LogP contribution in [0.2, 0.25) is 0 Å². The summed E-state index contributed by atoms with van der Waals surface area (Å²) in [5, 5.41) is 0. The van der Waals surface area contributed by atoms with E-state index in [1.165, 1.54) is 0 Å². The number of carbonyl (C=O) groups excluding carboxylic acids is 1. The second-order valence-corrected chi connectivity index (χ2v) is 4.14. The van der Waals surface area contributed by atoms with Gasteiger partial charge in [0.1, 0.15) is 17.4 Å². The van der Waals surface area contributed by atoms with Crippen LogP contribution in [-0.4, -0.2) is 37.5 Å². The number of hydrogen-bond acceptors (Lipinski definition) is 3. The van der Waals surface area contributed by atoms with E-state index in [1.54, 1.807) is 25.2 Å². The standard InChI is InChI=1S/C14H18ClNO3/c1-4-7-16(14(17)9-15)10-11-8-12(18-2)5-6-13(11)19-3/h4-6,8H,1,7,9-10H2,2-3H3. The van der Waals surface area contributed by atoms with Crippen LogP contribution in [0, 0.1) is 0 Å². The van der Waals surface area contributed by atoms with E-state index >= 15 is 0 Å². The zero-order chi connectivity index (χ0) is 14.3. The largest absolute Gasteiger partial charge is 0.497 e. The molecule has 5 heteroatoms. The summed E-state index contributed by atoms with van der Waals surface area (Å²) in [6, 6.07) is 5.46. The summed E-state index contributed by atoms with van der Waals surface area (Å²) in [7, 11) is 3.18. The molecular weight excluding hydrogens is 266 g/mol. The van der Waals surface area contributed by atoms with E-state index in [1.807, 2.05) is 18.2 Å². The zero-order valence-corrected chi connectivity index (χ0v) is 11.9. The number of carbonyl (C=O) groups is 1. The molecule has 1 amide bonds. The van der Waals surface area contributed by atoms with Crippen molar-refractivity contribution in [2.75, 3.05) is 26.6 Å². The van der Waals surface area contributed by atoms with E-state index in [4.69, 9.17) is 21.1 Å². The van der Waals surface area contributed by atoms with E-state index < -0.39 is 0 Å². The molecule has 19 heavy (non-hydrogen) atoms. The predicted molar refractivity (Wildman–Crippen MR) is 75.9 cm³/mol. The van der Waals surface area contributed by atoms with Crippen LogP contribution < -0.4 is 9.47 Å². The first-order valence-electron chi connectivity index (χ1n) is 5.81. The first-order chi connectivity index (χ1) is 9.15. The third-order valence-electron chi connectivity index (χ3n) is 2.67. The molecule has 0 spiro atoms. The molecule has 0 aromatic heterocycles. The quantitative estimate of drug-likeness (QED) is 0.570. The van der Waals surface area contributed by atoms with Gasteiger partial charge in [-0.05, 0) is 18.2 Å². The Kier molecular flexibility index (Phi) is 6.22. The molecule has 0 bridgehead atoms. The van der Waals surface area contributed by atoms with Gasteiger partial charge in [0.25, 0.3) is 0 Å². The molecule has 0 aliphatic heterocycles. The van der Waals surface area contributed by atoms with Crippen molar-refractivity contribution in [2.45, 2.75) is 6.54 Å².